The Labute approximate surface area is 106 Å². The van der Waals surface area contributed by atoms with Crippen LogP contribution < -0.4 is 5.32 Å². The number of urea groups is 1. The highest BCUT2D eigenvalue weighted by Crippen LogP contribution is 2.19. The van der Waals surface area contributed by atoms with Gasteiger partial charge in [-0.25, -0.2) is 9.59 Å². The Morgan fingerprint density at radius 2 is 2.17 bits per heavy atom. The molecule has 0 aromatic heterocycles. The molecule has 2 amide bonds. The Kier molecular flexibility index (Phi) is 4.92. The molecule has 1 fully saturated rings. The number of morpholine rings is 1. The molecule has 7 nitrogen and oxygen atoms in total. The number of aliphatic hydroxyl groups excluding tert-OH is 1. The molecule has 7 heteroatoms. The third-order valence-corrected chi connectivity index (χ3v) is 2.90. The molecule has 0 saturated carbocycles. The predicted octanol–water partition coefficient (Wildman–Crippen LogP) is -0.358. The Balaban J connectivity index is 2.65. The van der Waals surface area contributed by atoms with Crippen LogP contribution in [0, 0.1) is 0 Å². The fraction of sp³-hybridized carbons (Fsp3) is 0.818. The number of ether oxygens (including phenoxy) is 1. The van der Waals surface area contributed by atoms with E-state index in [4.69, 9.17) is 14.9 Å². The number of aliphatic carboxylic acids is 1. The average molecular weight is 260 g/mol. The third kappa shape index (κ3) is 3.58. The molecule has 0 aliphatic carbocycles. The van der Waals surface area contributed by atoms with E-state index in [1.807, 2.05) is 13.8 Å². The van der Waals surface area contributed by atoms with Crippen LogP contribution in [0.3, 0.4) is 0 Å². The van der Waals surface area contributed by atoms with E-state index in [1.54, 1.807) is 4.90 Å². The van der Waals surface area contributed by atoms with Gasteiger partial charge < -0.3 is 25.2 Å². The van der Waals surface area contributed by atoms with Gasteiger partial charge in [-0.1, -0.05) is 0 Å². The molecule has 1 rings (SSSR count). The second-order valence-corrected chi connectivity index (χ2v) is 4.87. The molecule has 0 bridgehead atoms. The summed E-state index contributed by atoms with van der Waals surface area (Å²) in [6.07, 6.45) is -0.00809. The van der Waals surface area contributed by atoms with Gasteiger partial charge in [0, 0.05) is 19.6 Å². The van der Waals surface area contributed by atoms with Crippen LogP contribution >= 0.6 is 0 Å². The fourth-order valence-corrected chi connectivity index (χ4v) is 1.85. The molecule has 1 aliphatic rings. The van der Waals surface area contributed by atoms with Gasteiger partial charge in [0.2, 0.25) is 0 Å². The minimum Gasteiger partial charge on any atom is -0.480 e. The van der Waals surface area contributed by atoms with E-state index in [9.17, 15) is 9.59 Å². The van der Waals surface area contributed by atoms with E-state index in [2.05, 4.69) is 5.32 Å². The first kappa shape index (κ1) is 14.7. The number of hydrogen-bond donors (Lipinski definition) is 3. The lowest BCUT2D eigenvalue weighted by Gasteiger charge is -2.42. The maximum atomic E-state index is 12.0. The standard InChI is InChI=1S/C11H20N2O5/c1-11(2)7-18-6-4-13(11)10(17)12-8(3-5-14)9(15)16/h8,14H,3-7H2,1-2H3,(H,12,17)(H,15,16)/t8-/m0/s1. The number of nitrogens with one attached hydrogen (secondary N) is 1. The molecule has 0 radical (unpaired) electrons. The van der Waals surface area contributed by atoms with Crippen LogP contribution in [0.1, 0.15) is 20.3 Å². The summed E-state index contributed by atoms with van der Waals surface area (Å²) in [5, 5.41) is 20.1. The number of rotatable bonds is 4. The molecule has 1 heterocycles. The van der Waals surface area contributed by atoms with Crippen molar-refractivity contribution in [2.24, 2.45) is 0 Å². The van der Waals surface area contributed by atoms with E-state index >= 15 is 0 Å². The minimum absolute atomic E-state index is 0.00809. The Morgan fingerprint density at radius 1 is 1.50 bits per heavy atom. The maximum Gasteiger partial charge on any atom is 0.326 e. The number of carbonyl (C=O) groups excluding carboxylic acids is 1. The molecule has 1 aliphatic heterocycles. The molecular formula is C11H20N2O5. The zero-order valence-corrected chi connectivity index (χ0v) is 10.7. The van der Waals surface area contributed by atoms with Gasteiger partial charge in [-0.2, -0.15) is 0 Å². The fourth-order valence-electron chi connectivity index (χ4n) is 1.85. The number of carboxylic acid groups (broad SMARTS) is 1. The van der Waals surface area contributed by atoms with Gasteiger partial charge in [-0.05, 0) is 13.8 Å². The van der Waals surface area contributed by atoms with Crippen molar-refractivity contribution in [2.45, 2.75) is 31.8 Å². The van der Waals surface area contributed by atoms with Crippen LogP contribution in [-0.4, -0.2) is 65.1 Å². The first-order chi connectivity index (χ1) is 8.38. The summed E-state index contributed by atoms with van der Waals surface area (Å²) in [5.74, 6) is -1.15. The highest BCUT2D eigenvalue weighted by atomic mass is 16.5. The lowest BCUT2D eigenvalue weighted by atomic mass is 10.0. The van der Waals surface area contributed by atoms with Crippen LogP contribution in [0.15, 0.2) is 0 Å². The second kappa shape index (κ2) is 6.01. The topological polar surface area (TPSA) is 99.1 Å². The van der Waals surface area contributed by atoms with E-state index < -0.39 is 23.6 Å². The molecule has 0 unspecified atom stereocenters. The van der Waals surface area contributed by atoms with E-state index in [-0.39, 0.29) is 13.0 Å². The first-order valence-corrected chi connectivity index (χ1v) is 5.88. The highest BCUT2D eigenvalue weighted by Gasteiger charge is 2.35. The van der Waals surface area contributed by atoms with Crippen LogP contribution in [0.25, 0.3) is 0 Å². The van der Waals surface area contributed by atoms with E-state index in [0.29, 0.717) is 19.8 Å². The monoisotopic (exact) mass is 260 g/mol. The van der Waals surface area contributed by atoms with Crippen LogP contribution in [0.2, 0.25) is 0 Å². The summed E-state index contributed by atoms with van der Waals surface area (Å²) in [4.78, 5) is 24.5. The van der Waals surface area contributed by atoms with Crippen molar-refractivity contribution >= 4 is 12.0 Å². The molecule has 1 saturated heterocycles. The number of carboxylic acids is 1. The van der Waals surface area contributed by atoms with Crippen molar-refractivity contribution in [3.8, 4) is 0 Å². The van der Waals surface area contributed by atoms with E-state index in [1.165, 1.54) is 0 Å². The van der Waals surface area contributed by atoms with Crippen molar-refractivity contribution in [2.75, 3.05) is 26.4 Å². The third-order valence-electron chi connectivity index (χ3n) is 2.90. The summed E-state index contributed by atoms with van der Waals surface area (Å²) in [6, 6.07) is -1.51. The number of hydrogen-bond acceptors (Lipinski definition) is 4. The Bertz CT molecular complexity index is 319. The Hall–Kier alpha value is -1.34. The minimum atomic E-state index is -1.15. The summed E-state index contributed by atoms with van der Waals surface area (Å²) < 4.78 is 5.29. The van der Waals surface area contributed by atoms with E-state index in [0.717, 1.165) is 0 Å². The molecule has 0 aromatic rings. The molecule has 0 aromatic carbocycles. The van der Waals surface area contributed by atoms with Crippen molar-refractivity contribution in [3.63, 3.8) is 0 Å². The van der Waals surface area contributed by atoms with Gasteiger partial charge in [-0.15, -0.1) is 0 Å². The summed E-state index contributed by atoms with van der Waals surface area (Å²) >= 11 is 0. The molecular weight excluding hydrogens is 240 g/mol. The van der Waals surface area contributed by atoms with Gasteiger partial charge in [0.25, 0.3) is 0 Å². The lowest BCUT2D eigenvalue weighted by molar-refractivity contribution is -0.139. The maximum absolute atomic E-state index is 12.0. The predicted molar refractivity (Wildman–Crippen MR) is 63.3 cm³/mol. The van der Waals surface area contributed by atoms with Gasteiger partial charge in [-0.3, -0.25) is 0 Å². The van der Waals surface area contributed by atoms with Crippen LogP contribution in [-0.2, 0) is 9.53 Å². The SMILES string of the molecule is CC1(C)COCCN1C(=O)N[C@@H](CCO)C(=O)O. The lowest BCUT2D eigenvalue weighted by Crippen LogP contribution is -2.60. The highest BCUT2D eigenvalue weighted by molar-refractivity contribution is 5.83. The van der Waals surface area contributed by atoms with Gasteiger partial charge in [0.05, 0.1) is 18.8 Å². The van der Waals surface area contributed by atoms with Crippen LogP contribution in [0.4, 0.5) is 4.79 Å². The largest absolute Gasteiger partial charge is 0.480 e. The van der Waals surface area contributed by atoms with Gasteiger partial charge in [0.1, 0.15) is 6.04 Å². The van der Waals surface area contributed by atoms with Crippen molar-refractivity contribution in [1.82, 2.24) is 10.2 Å². The molecule has 1 atom stereocenters. The summed E-state index contributed by atoms with van der Waals surface area (Å²) in [6.45, 7) is 4.70. The smallest absolute Gasteiger partial charge is 0.326 e. The number of nitrogens with zero attached hydrogens (tertiary/aromatic N) is 1. The summed E-state index contributed by atoms with van der Waals surface area (Å²) in [5.41, 5.74) is -0.468. The zero-order valence-electron chi connectivity index (χ0n) is 10.7. The average Bonchev–Trinajstić information content (AvgIpc) is 2.27. The van der Waals surface area contributed by atoms with Crippen molar-refractivity contribution in [1.29, 1.82) is 0 Å². The Morgan fingerprint density at radius 3 is 2.67 bits per heavy atom. The van der Waals surface area contributed by atoms with Crippen molar-refractivity contribution < 1.29 is 24.5 Å². The second-order valence-electron chi connectivity index (χ2n) is 4.87. The number of carbonyl (C=O) groups is 2. The van der Waals surface area contributed by atoms with Crippen molar-refractivity contribution in [3.05, 3.63) is 0 Å². The first-order valence-electron chi connectivity index (χ1n) is 5.88. The summed E-state index contributed by atoms with van der Waals surface area (Å²) in [7, 11) is 0. The normalized spacial score (nSPS) is 20.3. The number of aliphatic hydroxyl groups is 1. The molecule has 18 heavy (non-hydrogen) atoms. The molecule has 104 valence electrons. The zero-order chi connectivity index (χ0) is 13.8. The van der Waals surface area contributed by atoms with Gasteiger partial charge in [0.15, 0.2) is 0 Å². The molecule has 0 spiro atoms. The van der Waals surface area contributed by atoms with Crippen LogP contribution in [0.5, 0.6) is 0 Å². The molecule has 3 N–H and O–H groups in total. The number of amides is 2. The quantitative estimate of drug-likeness (QED) is 0.641. The van der Waals surface area contributed by atoms with Gasteiger partial charge >= 0.3 is 12.0 Å².